The molecule has 2 heterocycles. The van der Waals surface area contributed by atoms with Gasteiger partial charge in [0.2, 0.25) is 0 Å². The van der Waals surface area contributed by atoms with Gasteiger partial charge >= 0.3 is 0 Å². The van der Waals surface area contributed by atoms with Crippen LogP contribution in [0.4, 0.5) is 11.4 Å². The summed E-state index contributed by atoms with van der Waals surface area (Å²) in [5.74, 6) is 1.31. The normalized spacial score (nSPS) is 10.3. The first kappa shape index (κ1) is 10.5. The summed E-state index contributed by atoms with van der Waals surface area (Å²) in [4.78, 5) is 3.90. The van der Waals surface area contributed by atoms with Crippen molar-refractivity contribution in [2.75, 3.05) is 11.1 Å². The van der Waals surface area contributed by atoms with Crippen molar-refractivity contribution in [3.63, 3.8) is 0 Å². The Bertz CT molecular complexity index is 468. The zero-order chi connectivity index (χ0) is 11.4. The van der Waals surface area contributed by atoms with Crippen molar-refractivity contribution in [3.8, 4) is 0 Å². The number of furan rings is 1. The highest BCUT2D eigenvalue weighted by molar-refractivity contribution is 5.64. The van der Waals surface area contributed by atoms with Crippen LogP contribution in [0.5, 0.6) is 0 Å². The van der Waals surface area contributed by atoms with Gasteiger partial charge in [-0.25, -0.2) is 0 Å². The number of hydrogen-bond acceptors (Lipinski definition) is 5. The van der Waals surface area contributed by atoms with Crippen LogP contribution < -0.4 is 11.1 Å². The Labute approximate surface area is 92.9 Å². The minimum Gasteiger partial charge on any atom is -0.462 e. The Hall–Kier alpha value is -2.01. The molecular weight excluding hydrogens is 206 g/mol. The molecule has 2 aromatic heterocycles. The third-order valence-corrected chi connectivity index (χ3v) is 2.18. The topological polar surface area (TPSA) is 84.3 Å². The molecule has 5 heteroatoms. The molecule has 4 N–H and O–H groups in total. The molecule has 0 radical (unpaired) electrons. The van der Waals surface area contributed by atoms with Crippen LogP contribution in [0.1, 0.15) is 11.5 Å². The Balaban J connectivity index is 1.99. The monoisotopic (exact) mass is 219 g/mol. The molecule has 0 spiro atoms. The molecule has 0 atom stereocenters. The summed E-state index contributed by atoms with van der Waals surface area (Å²) < 4.78 is 5.33. The molecule has 2 aromatic rings. The van der Waals surface area contributed by atoms with E-state index in [0.29, 0.717) is 18.0 Å². The number of anilines is 2. The lowest BCUT2D eigenvalue weighted by Crippen LogP contribution is -2.01. The molecule has 0 amide bonds. The summed E-state index contributed by atoms with van der Waals surface area (Å²) in [6, 6.07) is 5.36. The number of aliphatic hydroxyl groups is 1. The van der Waals surface area contributed by atoms with Gasteiger partial charge in [-0.1, -0.05) is 0 Å². The fraction of sp³-hybridized carbons (Fsp3) is 0.182. The maximum absolute atomic E-state index is 8.84. The number of pyridine rings is 1. The summed E-state index contributed by atoms with van der Waals surface area (Å²) in [7, 11) is 0. The summed E-state index contributed by atoms with van der Waals surface area (Å²) in [6.07, 6.45) is 3.25. The zero-order valence-electron chi connectivity index (χ0n) is 8.68. The van der Waals surface area contributed by atoms with Gasteiger partial charge in [-0.05, 0) is 18.2 Å². The SMILES string of the molecule is Nc1cnccc1NCc1ccc(CO)o1. The second kappa shape index (κ2) is 4.67. The third kappa shape index (κ3) is 2.32. The fourth-order valence-corrected chi connectivity index (χ4v) is 1.35. The van der Waals surface area contributed by atoms with Gasteiger partial charge in [0, 0.05) is 6.20 Å². The van der Waals surface area contributed by atoms with Crippen LogP contribution in [0.3, 0.4) is 0 Å². The molecule has 0 fully saturated rings. The van der Waals surface area contributed by atoms with Gasteiger partial charge in [0.1, 0.15) is 18.1 Å². The molecule has 0 saturated carbocycles. The summed E-state index contributed by atoms with van der Waals surface area (Å²) in [6.45, 7) is 0.436. The van der Waals surface area contributed by atoms with Crippen molar-refractivity contribution in [1.82, 2.24) is 4.98 Å². The average molecular weight is 219 g/mol. The first-order valence-corrected chi connectivity index (χ1v) is 4.91. The van der Waals surface area contributed by atoms with Gasteiger partial charge in [-0.2, -0.15) is 0 Å². The van der Waals surface area contributed by atoms with Crippen molar-refractivity contribution < 1.29 is 9.52 Å². The van der Waals surface area contributed by atoms with Gasteiger partial charge in [-0.15, -0.1) is 0 Å². The second-order valence-electron chi connectivity index (χ2n) is 3.34. The third-order valence-electron chi connectivity index (χ3n) is 2.18. The van der Waals surface area contributed by atoms with E-state index in [4.69, 9.17) is 15.3 Å². The van der Waals surface area contributed by atoms with E-state index >= 15 is 0 Å². The molecule has 0 aliphatic rings. The number of nitrogens with two attached hydrogens (primary N) is 1. The number of rotatable bonds is 4. The van der Waals surface area contributed by atoms with Gasteiger partial charge < -0.3 is 20.6 Å². The lowest BCUT2D eigenvalue weighted by atomic mass is 10.3. The highest BCUT2D eigenvalue weighted by atomic mass is 16.4. The molecule has 0 aliphatic carbocycles. The standard InChI is InChI=1S/C11H13N3O2/c12-10-6-13-4-3-11(10)14-5-8-1-2-9(7-15)16-8/h1-4,6,15H,5,7,12H2,(H,13,14). The average Bonchev–Trinajstić information content (AvgIpc) is 2.76. The molecule has 84 valence electrons. The van der Waals surface area contributed by atoms with Gasteiger partial charge in [-0.3, -0.25) is 4.98 Å². The van der Waals surface area contributed by atoms with E-state index in [0.717, 1.165) is 11.4 Å². The predicted molar refractivity (Wildman–Crippen MR) is 60.6 cm³/mol. The first-order valence-electron chi connectivity index (χ1n) is 4.91. The highest BCUT2D eigenvalue weighted by Crippen LogP contribution is 2.17. The Morgan fingerprint density at radius 3 is 2.81 bits per heavy atom. The quantitative estimate of drug-likeness (QED) is 0.723. The van der Waals surface area contributed by atoms with E-state index in [9.17, 15) is 0 Å². The van der Waals surface area contributed by atoms with Crippen LogP contribution in [0.25, 0.3) is 0 Å². The molecule has 0 saturated heterocycles. The number of nitrogens with one attached hydrogen (secondary N) is 1. The van der Waals surface area contributed by atoms with Crippen LogP contribution in [0.15, 0.2) is 35.0 Å². The Kier molecular flexibility index (Phi) is 3.07. The predicted octanol–water partition coefficient (Wildman–Crippen LogP) is 1.36. The van der Waals surface area contributed by atoms with Crippen LogP contribution in [-0.2, 0) is 13.2 Å². The van der Waals surface area contributed by atoms with E-state index in [-0.39, 0.29) is 6.61 Å². The van der Waals surface area contributed by atoms with E-state index in [1.54, 1.807) is 24.5 Å². The van der Waals surface area contributed by atoms with Gasteiger partial charge in [0.05, 0.1) is 24.1 Å². The maximum atomic E-state index is 8.84. The second-order valence-corrected chi connectivity index (χ2v) is 3.34. The van der Waals surface area contributed by atoms with Crippen LogP contribution >= 0.6 is 0 Å². The van der Waals surface area contributed by atoms with Crippen molar-refractivity contribution in [2.45, 2.75) is 13.2 Å². The summed E-state index contributed by atoms with van der Waals surface area (Å²) in [5, 5.41) is 12.0. The van der Waals surface area contributed by atoms with E-state index in [1.807, 2.05) is 6.07 Å². The molecule has 0 unspecified atom stereocenters. The summed E-state index contributed by atoms with van der Waals surface area (Å²) in [5.41, 5.74) is 7.13. The summed E-state index contributed by atoms with van der Waals surface area (Å²) >= 11 is 0. The van der Waals surface area contributed by atoms with Crippen molar-refractivity contribution in [1.29, 1.82) is 0 Å². The van der Waals surface area contributed by atoms with Crippen molar-refractivity contribution >= 4 is 11.4 Å². The van der Waals surface area contributed by atoms with Crippen LogP contribution in [0, 0.1) is 0 Å². The number of nitrogen functional groups attached to an aromatic ring is 1. The Morgan fingerprint density at radius 2 is 2.12 bits per heavy atom. The van der Waals surface area contributed by atoms with Crippen molar-refractivity contribution in [3.05, 3.63) is 42.1 Å². The number of nitrogens with zero attached hydrogens (tertiary/aromatic N) is 1. The van der Waals surface area contributed by atoms with Crippen LogP contribution in [-0.4, -0.2) is 10.1 Å². The van der Waals surface area contributed by atoms with Gasteiger partial charge in [0.15, 0.2) is 0 Å². The van der Waals surface area contributed by atoms with E-state index < -0.39 is 0 Å². The lowest BCUT2D eigenvalue weighted by Gasteiger charge is -2.06. The Morgan fingerprint density at radius 1 is 1.31 bits per heavy atom. The minimum absolute atomic E-state index is 0.0859. The molecule has 2 rings (SSSR count). The smallest absolute Gasteiger partial charge is 0.129 e. The highest BCUT2D eigenvalue weighted by Gasteiger charge is 2.02. The molecule has 0 aromatic carbocycles. The van der Waals surface area contributed by atoms with E-state index in [2.05, 4.69) is 10.3 Å². The largest absolute Gasteiger partial charge is 0.462 e. The molecular formula is C11H13N3O2. The molecule has 0 bridgehead atoms. The molecule has 16 heavy (non-hydrogen) atoms. The van der Waals surface area contributed by atoms with Crippen LogP contribution in [0.2, 0.25) is 0 Å². The fourth-order valence-electron chi connectivity index (χ4n) is 1.35. The molecule has 5 nitrogen and oxygen atoms in total. The maximum Gasteiger partial charge on any atom is 0.129 e. The van der Waals surface area contributed by atoms with E-state index in [1.165, 1.54) is 0 Å². The lowest BCUT2D eigenvalue weighted by molar-refractivity contribution is 0.244. The van der Waals surface area contributed by atoms with Crippen molar-refractivity contribution in [2.24, 2.45) is 0 Å². The molecule has 0 aliphatic heterocycles. The van der Waals surface area contributed by atoms with Gasteiger partial charge in [0.25, 0.3) is 0 Å². The number of aliphatic hydroxyl groups excluding tert-OH is 1. The zero-order valence-corrected chi connectivity index (χ0v) is 8.68. The minimum atomic E-state index is -0.0859. The number of aromatic nitrogens is 1. The number of hydrogen-bond donors (Lipinski definition) is 3. The first-order chi connectivity index (χ1) is 7.79.